The lowest BCUT2D eigenvalue weighted by Gasteiger charge is -2.01. The van der Waals surface area contributed by atoms with Gasteiger partial charge in [-0.3, -0.25) is 0 Å². The van der Waals surface area contributed by atoms with Crippen molar-refractivity contribution in [2.24, 2.45) is 0 Å². The van der Waals surface area contributed by atoms with Crippen LogP contribution in [0.3, 0.4) is 0 Å². The van der Waals surface area contributed by atoms with E-state index >= 15 is 0 Å². The lowest BCUT2D eigenvalue weighted by Crippen LogP contribution is -2.01. The molecule has 75 valence electrons. The number of hydrogen-bond acceptors (Lipinski definition) is 0. The van der Waals surface area contributed by atoms with Crippen molar-refractivity contribution in [2.45, 2.75) is 0 Å². The van der Waals surface area contributed by atoms with E-state index in [1.54, 1.807) is 0 Å². The molecule has 0 amide bonds. The molecule has 0 aromatic heterocycles. The Hall–Kier alpha value is -0.170. The van der Waals surface area contributed by atoms with Crippen LogP contribution in [0.25, 0.3) is 0 Å². The van der Waals surface area contributed by atoms with E-state index < -0.39 is 0 Å². The fourth-order valence-electron chi connectivity index (χ4n) is 1.18. The molecule has 0 unspecified atom stereocenters. The van der Waals surface area contributed by atoms with E-state index in [0.717, 1.165) is 8.95 Å². The van der Waals surface area contributed by atoms with Gasteiger partial charge in [0.15, 0.2) is 0 Å². The van der Waals surface area contributed by atoms with E-state index in [9.17, 15) is 0 Å². The first-order valence-corrected chi connectivity index (χ1v) is 6.95. The second-order valence-corrected chi connectivity index (χ2v) is 6.15. The van der Waals surface area contributed by atoms with Gasteiger partial charge in [-0.1, -0.05) is 56.1 Å². The van der Waals surface area contributed by atoms with Gasteiger partial charge >= 0.3 is 0 Å². The van der Waals surface area contributed by atoms with E-state index in [1.165, 1.54) is 19.2 Å². The van der Waals surface area contributed by atoms with Crippen LogP contribution in [-0.2, 0) is 0 Å². The Morgan fingerprint density at radius 2 is 0.933 bits per heavy atom. The highest BCUT2D eigenvalue weighted by atomic mass is 79.9. The molecule has 2 aromatic carbocycles. The van der Waals surface area contributed by atoms with Gasteiger partial charge in [0.25, 0.3) is 0 Å². The Kier molecular flexibility index (Phi) is 3.96. The first-order chi connectivity index (χ1) is 7.24. The smallest absolute Gasteiger partial charge is 0.0175 e. The van der Waals surface area contributed by atoms with Crippen LogP contribution in [0, 0.1) is 0 Å². The first kappa shape index (κ1) is 11.3. The Bertz CT molecular complexity index is 391. The van der Waals surface area contributed by atoms with Crippen LogP contribution in [0.1, 0.15) is 0 Å². The highest BCUT2D eigenvalue weighted by Crippen LogP contribution is 2.15. The highest BCUT2D eigenvalue weighted by molar-refractivity contribution is 9.10. The molecule has 2 rings (SSSR count). The molecule has 0 saturated heterocycles. The zero-order valence-electron chi connectivity index (χ0n) is 7.82. The van der Waals surface area contributed by atoms with Crippen LogP contribution in [0.4, 0.5) is 0 Å². The quantitative estimate of drug-likeness (QED) is 0.720. The van der Waals surface area contributed by atoms with E-state index in [1.807, 2.05) is 0 Å². The maximum Gasteiger partial charge on any atom is 0.0175 e. The number of halogens is 2. The standard InChI is InChI=1S/C12H8Br2P/c13-9-1-5-11(6-2-9)15-12-7-3-10(14)4-8-12/h1-8H. The maximum absolute atomic E-state index is 3.43. The molecule has 3 heteroatoms. The van der Waals surface area contributed by atoms with Gasteiger partial charge in [0.1, 0.15) is 0 Å². The zero-order chi connectivity index (χ0) is 10.7. The zero-order valence-corrected chi connectivity index (χ0v) is 11.9. The molecular weight excluding hydrogens is 335 g/mol. The molecule has 0 bridgehead atoms. The summed E-state index contributed by atoms with van der Waals surface area (Å²) in [6, 6.07) is 16.8. The van der Waals surface area contributed by atoms with Crippen molar-refractivity contribution < 1.29 is 0 Å². The molecule has 0 spiro atoms. The van der Waals surface area contributed by atoms with Crippen molar-refractivity contribution in [3.63, 3.8) is 0 Å². The fraction of sp³-hybridized carbons (Fsp3) is 0. The molecule has 0 aliphatic carbocycles. The molecular formula is C12H8Br2P. The molecule has 0 aliphatic rings. The summed E-state index contributed by atoms with van der Waals surface area (Å²) in [4.78, 5) is 0. The third-order valence-corrected chi connectivity index (χ3v) is 4.08. The van der Waals surface area contributed by atoms with Crippen LogP contribution in [-0.4, -0.2) is 0 Å². The minimum absolute atomic E-state index is 1.12. The van der Waals surface area contributed by atoms with Crippen molar-refractivity contribution in [3.05, 3.63) is 57.5 Å². The molecule has 0 fully saturated rings. The van der Waals surface area contributed by atoms with Gasteiger partial charge in [-0.25, -0.2) is 0 Å². The Balaban J connectivity index is 2.15. The third kappa shape index (κ3) is 3.41. The predicted octanol–water partition coefficient (Wildman–Crippen LogP) is 4.11. The van der Waals surface area contributed by atoms with Crippen LogP contribution in [0.2, 0.25) is 0 Å². The maximum atomic E-state index is 3.43. The summed E-state index contributed by atoms with van der Waals surface area (Å²) in [5, 5.41) is 2.61. The van der Waals surface area contributed by atoms with Gasteiger partial charge < -0.3 is 0 Å². The van der Waals surface area contributed by atoms with E-state index in [4.69, 9.17) is 0 Å². The van der Waals surface area contributed by atoms with Crippen LogP contribution in [0.15, 0.2) is 57.5 Å². The summed E-state index contributed by atoms with van der Waals surface area (Å²) in [6.07, 6.45) is 0. The number of hydrogen-bond donors (Lipinski definition) is 0. The van der Waals surface area contributed by atoms with E-state index in [0.29, 0.717) is 0 Å². The lowest BCUT2D eigenvalue weighted by molar-refractivity contribution is 1.69. The van der Waals surface area contributed by atoms with E-state index in [2.05, 4.69) is 80.4 Å². The van der Waals surface area contributed by atoms with Gasteiger partial charge in [-0.2, -0.15) is 0 Å². The molecule has 0 atom stereocenters. The average Bonchev–Trinajstić information content (AvgIpc) is 2.25. The number of benzene rings is 2. The Morgan fingerprint density at radius 1 is 0.600 bits per heavy atom. The summed E-state index contributed by atoms with van der Waals surface area (Å²) < 4.78 is 2.24. The minimum Gasteiger partial charge on any atom is -0.0527 e. The monoisotopic (exact) mass is 341 g/mol. The molecule has 0 nitrogen and oxygen atoms in total. The molecule has 0 N–H and O–H groups in total. The van der Waals surface area contributed by atoms with Crippen molar-refractivity contribution in [1.29, 1.82) is 0 Å². The second-order valence-electron chi connectivity index (χ2n) is 3.06. The van der Waals surface area contributed by atoms with Crippen molar-refractivity contribution in [1.82, 2.24) is 0 Å². The third-order valence-electron chi connectivity index (χ3n) is 1.91. The normalized spacial score (nSPS) is 10.3. The Morgan fingerprint density at radius 3 is 1.27 bits per heavy atom. The molecule has 0 heterocycles. The highest BCUT2D eigenvalue weighted by Gasteiger charge is 1.97. The van der Waals surface area contributed by atoms with Gasteiger partial charge in [0.05, 0.1) is 0 Å². The SMILES string of the molecule is Brc1ccc([P]c2ccc(Br)cc2)cc1. The minimum atomic E-state index is 1.12. The van der Waals surface area contributed by atoms with Gasteiger partial charge in [-0.15, -0.1) is 0 Å². The second kappa shape index (κ2) is 5.25. The molecule has 2 aromatic rings. The van der Waals surface area contributed by atoms with Crippen LogP contribution in [0.5, 0.6) is 0 Å². The van der Waals surface area contributed by atoms with Gasteiger partial charge in [0, 0.05) is 8.95 Å². The van der Waals surface area contributed by atoms with Crippen LogP contribution < -0.4 is 10.6 Å². The lowest BCUT2D eigenvalue weighted by atomic mass is 10.4. The van der Waals surface area contributed by atoms with Gasteiger partial charge in [0.2, 0.25) is 0 Å². The van der Waals surface area contributed by atoms with Crippen LogP contribution >= 0.6 is 40.4 Å². The molecule has 15 heavy (non-hydrogen) atoms. The van der Waals surface area contributed by atoms with Gasteiger partial charge in [-0.05, 0) is 43.5 Å². The topological polar surface area (TPSA) is 0 Å². The van der Waals surface area contributed by atoms with E-state index in [-0.39, 0.29) is 0 Å². The summed E-state index contributed by atoms with van der Waals surface area (Å²) in [5.74, 6) is 0. The largest absolute Gasteiger partial charge is 0.0527 e. The first-order valence-electron chi connectivity index (χ1n) is 4.47. The Labute approximate surface area is 108 Å². The molecule has 0 saturated carbocycles. The molecule has 0 aliphatic heterocycles. The summed E-state index contributed by atoms with van der Waals surface area (Å²) in [5.41, 5.74) is 0. The fourth-order valence-corrected chi connectivity index (χ4v) is 2.60. The predicted molar refractivity (Wildman–Crippen MR) is 74.5 cm³/mol. The number of rotatable bonds is 2. The van der Waals surface area contributed by atoms with Crippen molar-refractivity contribution >= 4 is 51.0 Å². The summed E-state index contributed by atoms with van der Waals surface area (Å²) in [6.45, 7) is 0. The summed E-state index contributed by atoms with van der Waals surface area (Å²) >= 11 is 6.86. The summed E-state index contributed by atoms with van der Waals surface area (Å²) in [7, 11) is 1.25. The molecule has 1 radical (unpaired) electrons. The average molecular weight is 343 g/mol. The van der Waals surface area contributed by atoms with Crippen molar-refractivity contribution in [3.8, 4) is 0 Å². The van der Waals surface area contributed by atoms with Crippen molar-refractivity contribution in [2.75, 3.05) is 0 Å².